The van der Waals surface area contributed by atoms with Crippen molar-refractivity contribution in [1.29, 1.82) is 0 Å². The normalized spacial score (nSPS) is 15.4. The highest BCUT2D eigenvalue weighted by Gasteiger charge is 2.28. The van der Waals surface area contributed by atoms with Gasteiger partial charge in [-0.1, -0.05) is 48.5 Å². The molecular weight excluding hydrogens is 208 g/mol. The molecule has 0 bridgehead atoms. The Bertz CT molecular complexity index is 497. The van der Waals surface area contributed by atoms with Gasteiger partial charge in [-0.05, 0) is 35.6 Å². The molecule has 1 heteroatoms. The molecule has 17 heavy (non-hydrogen) atoms. The molecule has 2 aromatic carbocycles. The first-order valence-electron chi connectivity index (χ1n) is 6.13. The first-order chi connectivity index (χ1) is 8.27. The van der Waals surface area contributed by atoms with Crippen molar-refractivity contribution in [3.05, 3.63) is 59.7 Å². The van der Waals surface area contributed by atoms with Crippen LogP contribution in [0.3, 0.4) is 0 Å². The van der Waals surface area contributed by atoms with Crippen LogP contribution in [-0.2, 0) is 0 Å². The predicted molar refractivity (Wildman–Crippen MR) is 70.0 cm³/mol. The lowest BCUT2D eigenvalue weighted by Crippen LogP contribution is -2.07. The van der Waals surface area contributed by atoms with Gasteiger partial charge in [0.1, 0.15) is 0 Å². The molecule has 2 aromatic rings. The second kappa shape index (κ2) is 4.01. The van der Waals surface area contributed by atoms with Gasteiger partial charge in [0.15, 0.2) is 0 Å². The van der Waals surface area contributed by atoms with Crippen LogP contribution in [0.15, 0.2) is 48.5 Å². The summed E-state index contributed by atoms with van der Waals surface area (Å²) >= 11 is 0. The Morgan fingerprint density at radius 1 is 0.941 bits per heavy atom. The van der Waals surface area contributed by atoms with E-state index in [-0.39, 0.29) is 6.10 Å². The zero-order chi connectivity index (χ0) is 11.8. The Morgan fingerprint density at radius 3 is 1.88 bits per heavy atom. The maximum Gasteiger partial charge on any atom is 0.0521 e. The maximum absolute atomic E-state index is 9.66. The van der Waals surface area contributed by atoms with E-state index in [1.165, 1.54) is 22.3 Å². The van der Waals surface area contributed by atoms with Crippen molar-refractivity contribution < 1.29 is 5.11 Å². The van der Waals surface area contributed by atoms with Gasteiger partial charge >= 0.3 is 0 Å². The molecule has 0 unspecified atom stereocenters. The fourth-order valence-electron chi connectivity index (χ4n) is 2.85. The van der Waals surface area contributed by atoms with Crippen LogP contribution >= 0.6 is 0 Å². The maximum atomic E-state index is 9.66. The summed E-state index contributed by atoms with van der Waals surface area (Å²) in [5, 5.41) is 9.66. The van der Waals surface area contributed by atoms with E-state index in [1.807, 2.05) is 6.92 Å². The third-order valence-electron chi connectivity index (χ3n) is 3.54. The second-order valence-corrected chi connectivity index (χ2v) is 4.81. The molecule has 0 aromatic heterocycles. The van der Waals surface area contributed by atoms with Gasteiger partial charge in [-0.15, -0.1) is 0 Å². The highest BCUT2D eigenvalue weighted by atomic mass is 16.3. The van der Waals surface area contributed by atoms with E-state index in [9.17, 15) is 5.11 Å². The lowest BCUT2D eigenvalue weighted by molar-refractivity contribution is 0.179. The molecule has 0 radical (unpaired) electrons. The summed E-state index contributed by atoms with van der Waals surface area (Å²) in [6.45, 7) is 1.86. The minimum atomic E-state index is -0.265. The molecule has 0 aliphatic heterocycles. The van der Waals surface area contributed by atoms with Gasteiger partial charge in [-0.3, -0.25) is 0 Å². The molecule has 0 saturated carbocycles. The van der Waals surface area contributed by atoms with E-state index in [0.717, 1.165) is 6.42 Å². The van der Waals surface area contributed by atoms with E-state index in [1.54, 1.807) is 0 Å². The summed E-state index contributed by atoms with van der Waals surface area (Å²) in [6, 6.07) is 17.1. The summed E-state index contributed by atoms with van der Waals surface area (Å²) in [4.78, 5) is 0. The van der Waals surface area contributed by atoms with E-state index >= 15 is 0 Å². The predicted octanol–water partition coefficient (Wildman–Crippen LogP) is 3.57. The molecule has 0 heterocycles. The van der Waals surface area contributed by atoms with Gasteiger partial charge in [0.2, 0.25) is 0 Å². The molecule has 1 nitrogen and oxygen atoms in total. The number of aliphatic hydroxyl groups is 1. The Hall–Kier alpha value is -1.60. The van der Waals surface area contributed by atoms with Crippen molar-refractivity contribution in [3.8, 4) is 11.1 Å². The number of hydrogen-bond donors (Lipinski definition) is 1. The molecule has 86 valence electrons. The van der Waals surface area contributed by atoms with Crippen LogP contribution in [0.4, 0.5) is 0 Å². The minimum absolute atomic E-state index is 0.265. The Morgan fingerprint density at radius 2 is 1.41 bits per heavy atom. The number of benzene rings is 2. The highest BCUT2D eigenvalue weighted by Crippen LogP contribution is 2.46. The van der Waals surface area contributed by atoms with Crippen molar-refractivity contribution >= 4 is 0 Å². The topological polar surface area (TPSA) is 20.2 Å². The van der Waals surface area contributed by atoms with E-state index < -0.39 is 0 Å². The molecule has 0 spiro atoms. The van der Waals surface area contributed by atoms with Crippen LogP contribution in [0.25, 0.3) is 11.1 Å². The van der Waals surface area contributed by atoms with Crippen LogP contribution in [0, 0.1) is 0 Å². The van der Waals surface area contributed by atoms with E-state index in [4.69, 9.17) is 0 Å². The first-order valence-corrected chi connectivity index (χ1v) is 6.13. The fourth-order valence-corrected chi connectivity index (χ4v) is 2.85. The van der Waals surface area contributed by atoms with Crippen LogP contribution in [0.5, 0.6) is 0 Å². The van der Waals surface area contributed by atoms with E-state index in [2.05, 4.69) is 48.5 Å². The van der Waals surface area contributed by atoms with Crippen LogP contribution in [0.2, 0.25) is 0 Å². The van der Waals surface area contributed by atoms with Crippen molar-refractivity contribution in [2.24, 2.45) is 0 Å². The van der Waals surface area contributed by atoms with Gasteiger partial charge in [0.05, 0.1) is 6.10 Å². The Labute approximate surface area is 102 Å². The van der Waals surface area contributed by atoms with Crippen LogP contribution in [-0.4, -0.2) is 11.2 Å². The van der Waals surface area contributed by atoms with Gasteiger partial charge in [-0.25, -0.2) is 0 Å². The summed E-state index contributed by atoms with van der Waals surface area (Å²) in [5.74, 6) is 0.349. The van der Waals surface area contributed by atoms with Crippen molar-refractivity contribution in [2.45, 2.75) is 25.4 Å². The summed E-state index contributed by atoms with van der Waals surface area (Å²) in [5.41, 5.74) is 5.37. The molecule has 0 saturated heterocycles. The number of rotatable bonds is 2. The number of fused-ring (bicyclic) bond motifs is 3. The zero-order valence-electron chi connectivity index (χ0n) is 9.93. The molecule has 0 fully saturated rings. The van der Waals surface area contributed by atoms with Crippen molar-refractivity contribution in [2.75, 3.05) is 0 Å². The van der Waals surface area contributed by atoms with E-state index in [0.29, 0.717) is 5.92 Å². The molecule has 1 N–H and O–H groups in total. The lowest BCUT2D eigenvalue weighted by Gasteiger charge is -2.15. The molecule has 1 atom stereocenters. The average molecular weight is 224 g/mol. The highest BCUT2D eigenvalue weighted by molar-refractivity contribution is 5.78. The molecule has 1 aliphatic rings. The summed E-state index contributed by atoms with van der Waals surface area (Å²) < 4.78 is 0. The molecule has 0 amide bonds. The molecule has 3 rings (SSSR count). The van der Waals surface area contributed by atoms with Crippen LogP contribution < -0.4 is 0 Å². The van der Waals surface area contributed by atoms with Gasteiger partial charge in [0.25, 0.3) is 0 Å². The Balaban J connectivity index is 2.17. The van der Waals surface area contributed by atoms with Gasteiger partial charge in [0, 0.05) is 5.92 Å². The SMILES string of the molecule is C[C@@H](O)CC1c2ccccc2-c2ccccc21. The standard InChI is InChI=1S/C16H16O/c1-11(17)10-16-14-8-4-2-6-12(14)13-7-3-5-9-15(13)16/h2-9,11,16-17H,10H2,1H3/t11-/m1/s1. The lowest BCUT2D eigenvalue weighted by atomic mass is 9.92. The fraction of sp³-hybridized carbons (Fsp3) is 0.250. The molecular formula is C16H16O. The van der Waals surface area contributed by atoms with Crippen LogP contribution in [0.1, 0.15) is 30.4 Å². The molecule has 1 aliphatic carbocycles. The number of hydrogen-bond acceptors (Lipinski definition) is 1. The monoisotopic (exact) mass is 224 g/mol. The van der Waals surface area contributed by atoms with Gasteiger partial charge < -0.3 is 5.11 Å². The minimum Gasteiger partial charge on any atom is -0.393 e. The Kier molecular flexibility index (Phi) is 2.49. The smallest absolute Gasteiger partial charge is 0.0521 e. The second-order valence-electron chi connectivity index (χ2n) is 4.81. The largest absolute Gasteiger partial charge is 0.393 e. The quantitative estimate of drug-likeness (QED) is 0.826. The third-order valence-corrected chi connectivity index (χ3v) is 3.54. The van der Waals surface area contributed by atoms with Crippen molar-refractivity contribution in [3.63, 3.8) is 0 Å². The number of aliphatic hydroxyl groups excluding tert-OH is 1. The zero-order valence-corrected chi connectivity index (χ0v) is 9.93. The summed E-state index contributed by atoms with van der Waals surface area (Å²) in [6.07, 6.45) is 0.535. The average Bonchev–Trinajstić information content (AvgIpc) is 2.65. The first kappa shape index (κ1) is 10.5. The summed E-state index contributed by atoms with van der Waals surface area (Å²) in [7, 11) is 0. The van der Waals surface area contributed by atoms with Crippen molar-refractivity contribution in [1.82, 2.24) is 0 Å². The van der Waals surface area contributed by atoms with Gasteiger partial charge in [-0.2, -0.15) is 0 Å². The third kappa shape index (κ3) is 1.67.